The van der Waals surface area contributed by atoms with Crippen molar-refractivity contribution in [3.63, 3.8) is 0 Å². The summed E-state index contributed by atoms with van der Waals surface area (Å²) in [6.07, 6.45) is -1.15. The van der Waals surface area contributed by atoms with E-state index >= 15 is 0 Å². The van der Waals surface area contributed by atoms with Gasteiger partial charge in [-0.05, 0) is 44.2 Å². The highest BCUT2D eigenvalue weighted by Crippen LogP contribution is 2.27. The summed E-state index contributed by atoms with van der Waals surface area (Å²) in [5.41, 5.74) is 6.33. The van der Waals surface area contributed by atoms with Gasteiger partial charge >= 0.3 is 5.97 Å². The summed E-state index contributed by atoms with van der Waals surface area (Å²) in [7, 11) is -2.73. The number of nitrogens with two attached hydrogens (primary N) is 1. The van der Waals surface area contributed by atoms with E-state index in [-0.39, 0.29) is 16.2 Å². The molecule has 27 heavy (non-hydrogen) atoms. The Morgan fingerprint density at radius 3 is 2.30 bits per heavy atom. The van der Waals surface area contributed by atoms with E-state index in [0.29, 0.717) is 5.69 Å². The van der Waals surface area contributed by atoms with E-state index in [2.05, 4.69) is 4.72 Å². The zero-order valence-electron chi connectivity index (χ0n) is 15.1. The fourth-order valence-corrected chi connectivity index (χ4v) is 3.39. The van der Waals surface area contributed by atoms with Crippen molar-refractivity contribution in [2.75, 3.05) is 11.8 Å². The summed E-state index contributed by atoms with van der Waals surface area (Å²) in [6, 6.07) is 10.5. The molecule has 0 bridgehead atoms. The van der Waals surface area contributed by atoms with Gasteiger partial charge in [-0.2, -0.15) is 0 Å². The van der Waals surface area contributed by atoms with E-state index in [0.717, 1.165) is 11.6 Å². The number of rotatable bonds is 7. The third-order valence-electron chi connectivity index (χ3n) is 3.68. The number of ether oxygens (including phenoxy) is 2. The predicted octanol–water partition coefficient (Wildman–Crippen LogP) is 1.84. The maximum absolute atomic E-state index is 12.8. The molecular formula is C18H20N2O6S. The Bertz CT molecular complexity index is 954. The molecule has 2 aromatic carbocycles. The monoisotopic (exact) mass is 392 g/mol. The first kappa shape index (κ1) is 20.2. The molecule has 0 aromatic heterocycles. The number of hydrogen-bond acceptors (Lipinski definition) is 6. The third-order valence-corrected chi connectivity index (χ3v) is 5.08. The number of primary amides is 1. The van der Waals surface area contributed by atoms with Crippen molar-refractivity contribution in [1.82, 2.24) is 0 Å². The molecule has 8 nitrogen and oxygen atoms in total. The lowest BCUT2D eigenvalue weighted by molar-refractivity contribution is -0.125. The van der Waals surface area contributed by atoms with Crippen LogP contribution in [0.1, 0.15) is 22.8 Å². The molecule has 0 aliphatic heterocycles. The highest BCUT2D eigenvalue weighted by molar-refractivity contribution is 7.92. The molecule has 0 fully saturated rings. The fraction of sp³-hybridized carbons (Fsp3) is 0.222. The van der Waals surface area contributed by atoms with Crippen LogP contribution in [-0.2, 0) is 19.6 Å². The van der Waals surface area contributed by atoms with Crippen molar-refractivity contribution in [2.45, 2.75) is 24.8 Å². The maximum Gasteiger partial charge on any atom is 0.338 e. The highest BCUT2D eigenvalue weighted by Gasteiger charge is 2.23. The Balaban J connectivity index is 2.37. The number of amides is 1. The lowest BCUT2D eigenvalue weighted by atomic mass is 10.2. The van der Waals surface area contributed by atoms with Crippen LogP contribution in [0.3, 0.4) is 0 Å². The summed E-state index contributed by atoms with van der Waals surface area (Å²) in [5.74, 6) is -1.64. The number of carbonyl (C=O) groups excluding carboxylic acids is 2. The van der Waals surface area contributed by atoms with Gasteiger partial charge in [0.1, 0.15) is 10.6 Å². The first-order chi connectivity index (χ1) is 12.6. The number of nitrogens with one attached hydrogen (secondary N) is 1. The molecule has 2 aromatic rings. The molecule has 0 radical (unpaired) electrons. The van der Waals surface area contributed by atoms with Crippen molar-refractivity contribution in [2.24, 2.45) is 5.73 Å². The smallest absolute Gasteiger partial charge is 0.338 e. The second-order valence-electron chi connectivity index (χ2n) is 5.79. The zero-order valence-corrected chi connectivity index (χ0v) is 15.9. The number of aryl methyl sites for hydroxylation is 1. The molecule has 1 amide bonds. The third kappa shape index (κ3) is 4.98. The zero-order chi connectivity index (χ0) is 20.2. The SMILES string of the molecule is COc1ccc(C(=O)O[C@H](C)C(N)=O)cc1S(=O)(=O)Nc1ccc(C)cc1. The quantitative estimate of drug-likeness (QED) is 0.693. The second-order valence-corrected chi connectivity index (χ2v) is 7.44. The van der Waals surface area contributed by atoms with Crippen LogP contribution in [0, 0.1) is 6.92 Å². The molecular weight excluding hydrogens is 372 g/mol. The number of hydrogen-bond donors (Lipinski definition) is 2. The van der Waals surface area contributed by atoms with E-state index in [1.165, 1.54) is 26.2 Å². The summed E-state index contributed by atoms with van der Waals surface area (Å²) in [6.45, 7) is 3.20. The van der Waals surface area contributed by atoms with Gasteiger partial charge in [-0.1, -0.05) is 17.7 Å². The van der Waals surface area contributed by atoms with Gasteiger partial charge in [0, 0.05) is 5.69 Å². The van der Waals surface area contributed by atoms with Crippen molar-refractivity contribution >= 4 is 27.6 Å². The van der Waals surface area contributed by atoms with Crippen LogP contribution in [0.15, 0.2) is 47.4 Å². The largest absolute Gasteiger partial charge is 0.495 e. The average molecular weight is 392 g/mol. The van der Waals surface area contributed by atoms with E-state index in [1.807, 2.05) is 6.92 Å². The van der Waals surface area contributed by atoms with Gasteiger partial charge in [-0.25, -0.2) is 13.2 Å². The lowest BCUT2D eigenvalue weighted by Crippen LogP contribution is -2.30. The highest BCUT2D eigenvalue weighted by atomic mass is 32.2. The van der Waals surface area contributed by atoms with Crippen LogP contribution in [-0.4, -0.2) is 33.5 Å². The Labute approximate surface area is 157 Å². The summed E-state index contributed by atoms with van der Waals surface area (Å²) in [4.78, 5) is 22.9. The topological polar surface area (TPSA) is 125 Å². The minimum absolute atomic E-state index is 0.0501. The van der Waals surface area contributed by atoms with E-state index < -0.39 is 28.0 Å². The van der Waals surface area contributed by atoms with Crippen LogP contribution in [0.5, 0.6) is 5.75 Å². The maximum atomic E-state index is 12.8. The summed E-state index contributed by atoms with van der Waals surface area (Å²) < 4.78 is 37.9. The number of anilines is 1. The minimum Gasteiger partial charge on any atom is -0.495 e. The molecule has 0 spiro atoms. The number of benzene rings is 2. The average Bonchev–Trinajstić information content (AvgIpc) is 2.62. The van der Waals surface area contributed by atoms with Gasteiger partial charge in [0.25, 0.3) is 15.9 Å². The standard InChI is InChI=1S/C18H20N2O6S/c1-11-4-7-14(8-5-11)20-27(23,24)16-10-13(6-9-15(16)25-3)18(22)26-12(2)17(19)21/h4-10,12,20H,1-3H3,(H2,19,21)/t12-/m1/s1. The fourth-order valence-electron chi connectivity index (χ4n) is 2.13. The van der Waals surface area contributed by atoms with Crippen molar-refractivity contribution < 1.29 is 27.5 Å². The van der Waals surface area contributed by atoms with Crippen molar-refractivity contribution in [3.05, 3.63) is 53.6 Å². The second kappa shape index (κ2) is 8.09. The number of methoxy groups -OCH3 is 1. The van der Waals surface area contributed by atoms with Crippen LogP contribution >= 0.6 is 0 Å². The molecule has 1 atom stereocenters. The molecule has 144 valence electrons. The van der Waals surface area contributed by atoms with Gasteiger partial charge in [0.15, 0.2) is 6.10 Å². The van der Waals surface area contributed by atoms with Crippen molar-refractivity contribution in [1.29, 1.82) is 0 Å². The van der Waals surface area contributed by atoms with Gasteiger partial charge in [0.05, 0.1) is 12.7 Å². The Kier molecular flexibility index (Phi) is 6.06. The van der Waals surface area contributed by atoms with Crippen LogP contribution in [0.4, 0.5) is 5.69 Å². The molecule has 2 rings (SSSR count). The van der Waals surface area contributed by atoms with E-state index in [4.69, 9.17) is 15.2 Å². The molecule has 0 saturated heterocycles. The molecule has 0 heterocycles. The van der Waals surface area contributed by atoms with Crippen LogP contribution in [0.2, 0.25) is 0 Å². The molecule has 0 aliphatic rings. The first-order valence-corrected chi connectivity index (χ1v) is 9.40. The van der Waals surface area contributed by atoms with E-state index in [9.17, 15) is 18.0 Å². The molecule has 0 saturated carbocycles. The van der Waals surface area contributed by atoms with Gasteiger partial charge in [-0.15, -0.1) is 0 Å². The van der Waals surface area contributed by atoms with Gasteiger partial charge < -0.3 is 15.2 Å². The Morgan fingerprint density at radius 2 is 1.74 bits per heavy atom. The molecule has 9 heteroatoms. The van der Waals surface area contributed by atoms with E-state index in [1.54, 1.807) is 24.3 Å². The molecule has 0 unspecified atom stereocenters. The predicted molar refractivity (Wildman–Crippen MR) is 99.1 cm³/mol. The first-order valence-electron chi connectivity index (χ1n) is 7.92. The Morgan fingerprint density at radius 1 is 1.11 bits per heavy atom. The summed E-state index contributed by atoms with van der Waals surface area (Å²) >= 11 is 0. The number of sulfonamides is 1. The summed E-state index contributed by atoms with van der Waals surface area (Å²) in [5, 5.41) is 0. The number of esters is 1. The van der Waals surface area contributed by atoms with Gasteiger partial charge in [0.2, 0.25) is 0 Å². The molecule has 0 aliphatic carbocycles. The van der Waals surface area contributed by atoms with Crippen LogP contribution in [0.25, 0.3) is 0 Å². The lowest BCUT2D eigenvalue weighted by Gasteiger charge is -2.14. The number of carbonyl (C=O) groups is 2. The van der Waals surface area contributed by atoms with Gasteiger partial charge in [-0.3, -0.25) is 9.52 Å². The Hall–Kier alpha value is -3.07. The minimum atomic E-state index is -4.04. The van der Waals surface area contributed by atoms with Crippen LogP contribution < -0.4 is 15.2 Å². The molecule has 3 N–H and O–H groups in total. The normalized spacial score (nSPS) is 12.1. The van der Waals surface area contributed by atoms with Crippen molar-refractivity contribution in [3.8, 4) is 5.75 Å².